The van der Waals surface area contributed by atoms with Crippen molar-refractivity contribution in [1.29, 1.82) is 0 Å². The molecule has 33 heavy (non-hydrogen) atoms. The number of carboxylic acid groups (broad SMARTS) is 2. The van der Waals surface area contributed by atoms with E-state index in [2.05, 4.69) is 16.0 Å². The Bertz CT molecular complexity index is 856. The number of benzene rings is 1. The van der Waals surface area contributed by atoms with Crippen LogP contribution in [0.3, 0.4) is 0 Å². The van der Waals surface area contributed by atoms with E-state index in [1.165, 1.54) is 24.3 Å². The molecule has 12 nitrogen and oxygen atoms in total. The van der Waals surface area contributed by atoms with Crippen LogP contribution in [0.1, 0.15) is 32.3 Å². The van der Waals surface area contributed by atoms with Gasteiger partial charge in [-0.2, -0.15) is 0 Å². The standard InChI is InChI=1S/C21H30N4O8/c1-11(2)18(21(32)33)25-20(31)15(9-12-3-5-13(26)6-4-12)24-19(30)14(7-8-17(28)29)23-16(27)10-22/h3-6,11,14-15,18,26H,7-10,22H2,1-2H3,(H,23,27)(H,24,30)(H,25,31)(H,28,29)(H,32,33). The van der Waals surface area contributed by atoms with Crippen LogP contribution in [0.5, 0.6) is 5.75 Å². The van der Waals surface area contributed by atoms with Crippen molar-refractivity contribution >= 4 is 29.7 Å². The molecule has 0 bridgehead atoms. The zero-order chi connectivity index (χ0) is 25.1. The molecule has 8 N–H and O–H groups in total. The second-order valence-corrected chi connectivity index (χ2v) is 7.76. The number of aliphatic carboxylic acids is 2. The van der Waals surface area contributed by atoms with Gasteiger partial charge < -0.3 is 37.0 Å². The number of phenols is 1. The summed E-state index contributed by atoms with van der Waals surface area (Å²) in [4.78, 5) is 59.8. The van der Waals surface area contributed by atoms with E-state index in [0.29, 0.717) is 5.56 Å². The highest BCUT2D eigenvalue weighted by Crippen LogP contribution is 2.12. The van der Waals surface area contributed by atoms with E-state index in [4.69, 9.17) is 10.8 Å². The van der Waals surface area contributed by atoms with Crippen molar-refractivity contribution in [3.05, 3.63) is 29.8 Å². The number of rotatable bonds is 13. The van der Waals surface area contributed by atoms with Crippen molar-refractivity contribution in [3.63, 3.8) is 0 Å². The van der Waals surface area contributed by atoms with Gasteiger partial charge in [-0.25, -0.2) is 4.79 Å². The summed E-state index contributed by atoms with van der Waals surface area (Å²) in [7, 11) is 0. The minimum atomic E-state index is -1.27. The summed E-state index contributed by atoms with van der Waals surface area (Å²) in [6.07, 6.45) is -0.727. The fourth-order valence-electron chi connectivity index (χ4n) is 2.91. The van der Waals surface area contributed by atoms with Crippen LogP contribution in [0.4, 0.5) is 0 Å². The monoisotopic (exact) mass is 466 g/mol. The van der Waals surface area contributed by atoms with Crippen molar-refractivity contribution in [2.24, 2.45) is 11.7 Å². The fourth-order valence-corrected chi connectivity index (χ4v) is 2.91. The van der Waals surface area contributed by atoms with Crippen LogP contribution in [-0.2, 0) is 30.4 Å². The molecule has 1 aromatic rings. The van der Waals surface area contributed by atoms with Gasteiger partial charge >= 0.3 is 11.9 Å². The molecule has 182 valence electrons. The Morgan fingerprint density at radius 1 is 0.909 bits per heavy atom. The zero-order valence-corrected chi connectivity index (χ0v) is 18.4. The van der Waals surface area contributed by atoms with Gasteiger partial charge in [-0.3, -0.25) is 19.2 Å². The minimum absolute atomic E-state index is 0.00670. The number of nitrogens with one attached hydrogen (secondary N) is 3. The highest BCUT2D eigenvalue weighted by atomic mass is 16.4. The largest absolute Gasteiger partial charge is 0.508 e. The zero-order valence-electron chi connectivity index (χ0n) is 18.4. The highest BCUT2D eigenvalue weighted by molar-refractivity contribution is 5.94. The number of nitrogens with two attached hydrogens (primary N) is 1. The molecule has 3 amide bonds. The summed E-state index contributed by atoms with van der Waals surface area (Å²) < 4.78 is 0. The normalized spacial score (nSPS) is 13.5. The van der Waals surface area contributed by atoms with E-state index < -0.39 is 66.7 Å². The predicted molar refractivity (Wildman–Crippen MR) is 116 cm³/mol. The molecule has 0 aliphatic heterocycles. The maximum atomic E-state index is 12.9. The number of carbonyl (C=O) groups excluding carboxylic acids is 3. The van der Waals surface area contributed by atoms with E-state index in [9.17, 15) is 34.2 Å². The van der Waals surface area contributed by atoms with Crippen LogP contribution >= 0.6 is 0 Å². The third-order valence-corrected chi connectivity index (χ3v) is 4.72. The van der Waals surface area contributed by atoms with E-state index in [-0.39, 0.29) is 18.6 Å². The predicted octanol–water partition coefficient (Wildman–Crippen LogP) is -1.05. The van der Waals surface area contributed by atoms with E-state index in [1.807, 2.05) is 0 Å². The Morgan fingerprint density at radius 2 is 1.48 bits per heavy atom. The second-order valence-electron chi connectivity index (χ2n) is 7.76. The van der Waals surface area contributed by atoms with Gasteiger partial charge in [0.15, 0.2) is 0 Å². The quantitative estimate of drug-likeness (QED) is 0.189. The molecular weight excluding hydrogens is 436 g/mol. The first-order chi connectivity index (χ1) is 15.4. The van der Waals surface area contributed by atoms with Crippen LogP contribution in [0.15, 0.2) is 24.3 Å². The summed E-state index contributed by atoms with van der Waals surface area (Å²) >= 11 is 0. The van der Waals surface area contributed by atoms with Gasteiger partial charge in [-0.1, -0.05) is 26.0 Å². The number of aromatic hydroxyl groups is 1. The van der Waals surface area contributed by atoms with Crippen LogP contribution in [0.25, 0.3) is 0 Å². The lowest BCUT2D eigenvalue weighted by Gasteiger charge is -2.25. The minimum Gasteiger partial charge on any atom is -0.508 e. The number of hydrogen-bond donors (Lipinski definition) is 7. The van der Waals surface area contributed by atoms with Gasteiger partial charge in [-0.05, 0) is 30.0 Å². The summed E-state index contributed by atoms with van der Waals surface area (Å²) in [6.45, 7) is 2.79. The SMILES string of the molecule is CC(C)C(NC(=O)C(Cc1ccc(O)cc1)NC(=O)C(CCC(=O)O)NC(=O)CN)C(=O)O. The van der Waals surface area contributed by atoms with Crippen molar-refractivity contribution < 1.29 is 39.3 Å². The second kappa shape index (κ2) is 13.0. The van der Waals surface area contributed by atoms with Crippen LogP contribution < -0.4 is 21.7 Å². The van der Waals surface area contributed by atoms with Gasteiger partial charge in [0.2, 0.25) is 17.7 Å². The molecule has 1 aromatic carbocycles. The van der Waals surface area contributed by atoms with Crippen LogP contribution in [-0.4, -0.2) is 69.7 Å². The van der Waals surface area contributed by atoms with Crippen molar-refractivity contribution in [2.45, 2.75) is 51.2 Å². The first kappa shape index (κ1) is 27.4. The Hall–Kier alpha value is -3.67. The molecule has 0 aliphatic rings. The van der Waals surface area contributed by atoms with Gasteiger partial charge in [-0.15, -0.1) is 0 Å². The third kappa shape index (κ3) is 9.56. The van der Waals surface area contributed by atoms with Crippen LogP contribution in [0, 0.1) is 5.92 Å². The summed E-state index contributed by atoms with van der Waals surface area (Å²) in [5, 5.41) is 34.9. The van der Waals surface area contributed by atoms with Crippen molar-refractivity contribution in [2.75, 3.05) is 6.54 Å². The Labute approximate surface area is 190 Å². The van der Waals surface area contributed by atoms with E-state index in [1.54, 1.807) is 13.8 Å². The molecule has 0 aromatic heterocycles. The van der Waals surface area contributed by atoms with Gasteiger partial charge in [0, 0.05) is 12.8 Å². The molecule has 0 aliphatic carbocycles. The average Bonchev–Trinajstić information content (AvgIpc) is 2.74. The molecule has 12 heteroatoms. The average molecular weight is 466 g/mol. The molecule has 1 rings (SSSR count). The molecule has 0 spiro atoms. The van der Waals surface area contributed by atoms with Gasteiger partial charge in [0.1, 0.15) is 23.9 Å². The number of phenolic OH excluding ortho intramolecular Hbond substituents is 1. The van der Waals surface area contributed by atoms with E-state index in [0.717, 1.165) is 0 Å². The summed E-state index contributed by atoms with van der Waals surface area (Å²) in [5.74, 6) is -5.17. The topological polar surface area (TPSA) is 208 Å². The molecular formula is C21H30N4O8. The maximum Gasteiger partial charge on any atom is 0.326 e. The molecule has 3 unspecified atom stereocenters. The van der Waals surface area contributed by atoms with Crippen LogP contribution in [0.2, 0.25) is 0 Å². The van der Waals surface area contributed by atoms with Crippen molar-refractivity contribution in [1.82, 2.24) is 16.0 Å². The number of carbonyl (C=O) groups is 5. The maximum absolute atomic E-state index is 12.9. The van der Waals surface area contributed by atoms with Crippen molar-refractivity contribution in [3.8, 4) is 5.75 Å². The lowest BCUT2D eigenvalue weighted by molar-refractivity contribution is -0.143. The van der Waals surface area contributed by atoms with E-state index >= 15 is 0 Å². The number of carboxylic acids is 2. The Kier molecular flexibility index (Phi) is 10.8. The number of amides is 3. The molecule has 0 saturated heterocycles. The smallest absolute Gasteiger partial charge is 0.326 e. The first-order valence-electron chi connectivity index (χ1n) is 10.3. The summed E-state index contributed by atoms with van der Waals surface area (Å²) in [6, 6.07) is 2.09. The highest BCUT2D eigenvalue weighted by Gasteiger charge is 2.31. The third-order valence-electron chi connectivity index (χ3n) is 4.72. The summed E-state index contributed by atoms with van der Waals surface area (Å²) in [5.41, 5.74) is 5.80. The van der Waals surface area contributed by atoms with Gasteiger partial charge in [0.25, 0.3) is 0 Å². The lowest BCUT2D eigenvalue weighted by atomic mass is 10.0. The molecule has 3 atom stereocenters. The molecule has 0 fully saturated rings. The molecule has 0 heterocycles. The van der Waals surface area contributed by atoms with Gasteiger partial charge in [0.05, 0.1) is 6.54 Å². The Balaban J connectivity index is 3.13. The number of hydrogen-bond acceptors (Lipinski definition) is 7. The molecule has 0 radical (unpaired) electrons. The Morgan fingerprint density at radius 3 is 1.97 bits per heavy atom. The lowest BCUT2D eigenvalue weighted by Crippen LogP contribution is -2.57. The molecule has 0 saturated carbocycles. The fraction of sp³-hybridized carbons (Fsp3) is 0.476. The first-order valence-corrected chi connectivity index (χ1v) is 10.3.